The van der Waals surface area contributed by atoms with Crippen molar-refractivity contribution in [2.45, 2.75) is 13.5 Å². The van der Waals surface area contributed by atoms with E-state index in [1.54, 1.807) is 6.21 Å². The smallest absolute Gasteiger partial charge is 0.277 e. The van der Waals surface area contributed by atoms with Gasteiger partial charge in [0, 0.05) is 0 Å². The number of hydrogen-bond acceptors (Lipinski definition) is 4. The van der Waals surface area contributed by atoms with Crippen molar-refractivity contribution < 1.29 is 14.3 Å². The fourth-order valence-corrected chi connectivity index (χ4v) is 2.42. The summed E-state index contributed by atoms with van der Waals surface area (Å²) in [6, 6.07) is 25.0. The number of nitrogens with one attached hydrogen (secondary N) is 1. The van der Waals surface area contributed by atoms with Crippen LogP contribution in [0.15, 0.2) is 84.0 Å². The Morgan fingerprint density at radius 1 is 0.929 bits per heavy atom. The summed E-state index contributed by atoms with van der Waals surface area (Å²) < 4.78 is 11.2. The number of carbonyl (C=O) groups is 1. The molecule has 142 valence electrons. The summed E-state index contributed by atoms with van der Waals surface area (Å²) in [4.78, 5) is 11.8. The van der Waals surface area contributed by atoms with Crippen LogP contribution in [0.1, 0.15) is 16.7 Å². The van der Waals surface area contributed by atoms with Gasteiger partial charge in [-0.2, -0.15) is 5.10 Å². The fourth-order valence-electron chi connectivity index (χ4n) is 2.42. The van der Waals surface area contributed by atoms with Gasteiger partial charge in [0.05, 0.1) is 6.21 Å². The minimum atomic E-state index is -0.326. The van der Waals surface area contributed by atoms with E-state index in [9.17, 15) is 4.79 Å². The maximum atomic E-state index is 11.8. The summed E-state index contributed by atoms with van der Waals surface area (Å²) in [5.41, 5.74) is 5.51. The van der Waals surface area contributed by atoms with E-state index in [1.807, 2.05) is 85.8 Å². The van der Waals surface area contributed by atoms with Crippen LogP contribution < -0.4 is 14.9 Å². The van der Waals surface area contributed by atoms with Gasteiger partial charge >= 0.3 is 0 Å². The molecule has 3 aromatic carbocycles. The van der Waals surface area contributed by atoms with Crippen LogP contribution in [0.4, 0.5) is 0 Å². The van der Waals surface area contributed by atoms with E-state index in [-0.39, 0.29) is 12.5 Å². The number of amides is 1. The molecule has 3 aromatic rings. The zero-order valence-electron chi connectivity index (χ0n) is 15.7. The summed E-state index contributed by atoms with van der Waals surface area (Å²) in [5, 5.41) is 3.97. The Labute approximate surface area is 164 Å². The second-order valence-electron chi connectivity index (χ2n) is 6.24. The van der Waals surface area contributed by atoms with Gasteiger partial charge in [0.1, 0.15) is 18.1 Å². The fraction of sp³-hybridized carbons (Fsp3) is 0.130. The highest BCUT2D eigenvalue weighted by atomic mass is 16.5. The second kappa shape index (κ2) is 9.92. The largest absolute Gasteiger partial charge is 0.489 e. The number of hydrazone groups is 1. The normalized spacial score (nSPS) is 10.6. The molecule has 3 rings (SSSR count). The van der Waals surface area contributed by atoms with Crippen molar-refractivity contribution in [3.05, 3.63) is 95.6 Å². The van der Waals surface area contributed by atoms with Crippen molar-refractivity contribution in [3.8, 4) is 11.5 Å². The van der Waals surface area contributed by atoms with E-state index in [0.29, 0.717) is 12.4 Å². The van der Waals surface area contributed by atoms with Crippen LogP contribution in [0.25, 0.3) is 0 Å². The lowest BCUT2D eigenvalue weighted by Gasteiger charge is -2.07. The zero-order valence-corrected chi connectivity index (χ0v) is 15.7. The van der Waals surface area contributed by atoms with Gasteiger partial charge in [-0.1, -0.05) is 60.2 Å². The Morgan fingerprint density at radius 3 is 2.50 bits per heavy atom. The lowest BCUT2D eigenvalue weighted by atomic mass is 10.2. The Bertz CT molecular complexity index is 922. The average Bonchev–Trinajstić information content (AvgIpc) is 2.73. The average molecular weight is 374 g/mol. The third-order valence-electron chi connectivity index (χ3n) is 3.90. The lowest BCUT2D eigenvalue weighted by Crippen LogP contribution is -2.24. The van der Waals surface area contributed by atoms with Gasteiger partial charge in [-0.3, -0.25) is 4.79 Å². The molecule has 0 saturated heterocycles. The molecule has 1 N–H and O–H groups in total. The number of rotatable bonds is 8. The maximum Gasteiger partial charge on any atom is 0.277 e. The molecule has 5 nitrogen and oxygen atoms in total. The van der Waals surface area contributed by atoms with Crippen LogP contribution in [0, 0.1) is 6.92 Å². The van der Waals surface area contributed by atoms with Crippen molar-refractivity contribution in [2.75, 3.05) is 6.61 Å². The molecule has 0 spiro atoms. The van der Waals surface area contributed by atoms with Gasteiger partial charge in [-0.15, -0.1) is 0 Å². The summed E-state index contributed by atoms with van der Waals surface area (Å²) in [6.07, 6.45) is 1.57. The second-order valence-corrected chi connectivity index (χ2v) is 6.24. The maximum absolute atomic E-state index is 11.8. The number of aryl methyl sites for hydroxylation is 1. The van der Waals surface area contributed by atoms with Crippen molar-refractivity contribution >= 4 is 12.1 Å². The molecule has 0 fully saturated rings. The van der Waals surface area contributed by atoms with Gasteiger partial charge in [0.2, 0.25) is 0 Å². The van der Waals surface area contributed by atoms with E-state index in [1.165, 1.54) is 0 Å². The van der Waals surface area contributed by atoms with Gasteiger partial charge < -0.3 is 9.47 Å². The Balaban J connectivity index is 1.45. The molecule has 28 heavy (non-hydrogen) atoms. The first kappa shape index (κ1) is 19.2. The molecule has 1 amide bonds. The minimum Gasteiger partial charge on any atom is -0.489 e. The number of carbonyl (C=O) groups excluding carboxylic acids is 1. The molecule has 0 heterocycles. The lowest BCUT2D eigenvalue weighted by molar-refractivity contribution is -0.123. The Morgan fingerprint density at radius 2 is 1.71 bits per heavy atom. The van der Waals surface area contributed by atoms with Crippen molar-refractivity contribution in [1.29, 1.82) is 0 Å². The molecule has 5 heteroatoms. The van der Waals surface area contributed by atoms with Crippen LogP contribution in [-0.4, -0.2) is 18.7 Å². The molecule has 0 atom stereocenters. The van der Waals surface area contributed by atoms with Crippen LogP contribution in [0.5, 0.6) is 11.5 Å². The third-order valence-corrected chi connectivity index (χ3v) is 3.90. The standard InChI is InChI=1S/C23H22N2O3/c1-18-10-12-21(13-11-18)28-17-23(26)25-24-15-20-8-5-9-22(14-20)27-16-19-6-3-2-4-7-19/h2-15H,16-17H2,1H3,(H,25,26). The highest BCUT2D eigenvalue weighted by Gasteiger charge is 2.01. The van der Waals surface area contributed by atoms with E-state index in [4.69, 9.17) is 9.47 Å². The predicted molar refractivity (Wildman–Crippen MR) is 110 cm³/mol. The van der Waals surface area contributed by atoms with Crippen molar-refractivity contribution in [1.82, 2.24) is 5.43 Å². The molecule has 0 unspecified atom stereocenters. The molecule has 0 aliphatic rings. The van der Waals surface area contributed by atoms with E-state index < -0.39 is 0 Å². The van der Waals surface area contributed by atoms with Crippen LogP contribution >= 0.6 is 0 Å². The number of benzene rings is 3. The van der Waals surface area contributed by atoms with E-state index >= 15 is 0 Å². The van der Waals surface area contributed by atoms with Crippen LogP contribution in [0.2, 0.25) is 0 Å². The summed E-state index contributed by atoms with van der Waals surface area (Å²) >= 11 is 0. The van der Waals surface area contributed by atoms with Crippen molar-refractivity contribution in [3.63, 3.8) is 0 Å². The first-order valence-corrected chi connectivity index (χ1v) is 8.97. The van der Waals surface area contributed by atoms with Gasteiger partial charge in [-0.25, -0.2) is 5.43 Å². The molecular weight excluding hydrogens is 352 g/mol. The first-order valence-electron chi connectivity index (χ1n) is 8.97. The van der Waals surface area contributed by atoms with E-state index in [2.05, 4.69) is 10.5 Å². The monoisotopic (exact) mass is 374 g/mol. The predicted octanol–water partition coefficient (Wildman–Crippen LogP) is 4.10. The SMILES string of the molecule is Cc1ccc(OCC(=O)NN=Cc2cccc(OCc3ccccc3)c2)cc1. The Kier molecular flexibility index (Phi) is 6.79. The van der Waals surface area contributed by atoms with Gasteiger partial charge in [0.25, 0.3) is 5.91 Å². The highest BCUT2D eigenvalue weighted by Crippen LogP contribution is 2.14. The van der Waals surface area contributed by atoms with Gasteiger partial charge in [-0.05, 0) is 42.3 Å². The third kappa shape index (κ3) is 6.29. The number of hydrogen-bond donors (Lipinski definition) is 1. The Hall–Kier alpha value is -3.60. The molecule has 0 bridgehead atoms. The van der Waals surface area contributed by atoms with Crippen LogP contribution in [-0.2, 0) is 11.4 Å². The molecular formula is C23H22N2O3. The topological polar surface area (TPSA) is 59.9 Å². The molecule has 0 aromatic heterocycles. The number of nitrogens with zero attached hydrogens (tertiary/aromatic N) is 1. The zero-order chi connectivity index (χ0) is 19.6. The molecule has 0 saturated carbocycles. The minimum absolute atomic E-state index is 0.0966. The highest BCUT2D eigenvalue weighted by molar-refractivity contribution is 5.83. The summed E-state index contributed by atoms with van der Waals surface area (Å²) in [5.74, 6) is 1.06. The summed E-state index contributed by atoms with van der Waals surface area (Å²) in [7, 11) is 0. The summed E-state index contributed by atoms with van der Waals surface area (Å²) in [6.45, 7) is 2.39. The van der Waals surface area contributed by atoms with Crippen molar-refractivity contribution in [2.24, 2.45) is 5.10 Å². The van der Waals surface area contributed by atoms with Gasteiger partial charge in [0.15, 0.2) is 6.61 Å². The number of ether oxygens (including phenoxy) is 2. The molecule has 0 aliphatic carbocycles. The molecule has 0 radical (unpaired) electrons. The first-order chi connectivity index (χ1) is 13.7. The molecule has 0 aliphatic heterocycles. The van der Waals surface area contributed by atoms with Crippen LogP contribution in [0.3, 0.4) is 0 Å². The van der Waals surface area contributed by atoms with E-state index in [0.717, 1.165) is 22.4 Å². The quantitative estimate of drug-likeness (QED) is 0.477.